The summed E-state index contributed by atoms with van der Waals surface area (Å²) in [5, 5.41) is 1.68. The lowest BCUT2D eigenvalue weighted by atomic mass is 9.90. The normalized spacial score (nSPS) is 16.5. The van der Waals surface area contributed by atoms with Crippen LogP contribution in [0, 0.1) is 5.82 Å². The minimum atomic E-state index is -4.22. The molecule has 0 saturated carbocycles. The third-order valence-electron chi connectivity index (χ3n) is 7.26. The van der Waals surface area contributed by atoms with Crippen LogP contribution in [0.5, 0.6) is 0 Å². The van der Waals surface area contributed by atoms with Gasteiger partial charge in [-0.25, -0.2) is 17.5 Å². The lowest BCUT2D eigenvalue weighted by Crippen LogP contribution is -2.37. The molecule has 1 fully saturated rings. The van der Waals surface area contributed by atoms with Crippen LogP contribution in [0.4, 0.5) is 4.39 Å². The molecule has 6 rings (SSSR count). The first-order chi connectivity index (χ1) is 19.9. The van der Waals surface area contributed by atoms with Crippen molar-refractivity contribution >= 4 is 90.6 Å². The van der Waals surface area contributed by atoms with E-state index in [2.05, 4.69) is 0 Å². The molecule has 0 radical (unpaired) electrons. The summed E-state index contributed by atoms with van der Waals surface area (Å²) in [5.74, 6) is -2.22. The van der Waals surface area contributed by atoms with Crippen LogP contribution < -0.4 is 4.72 Å². The van der Waals surface area contributed by atoms with Crippen molar-refractivity contribution < 1.29 is 27.1 Å². The smallest absolute Gasteiger partial charge is 0.273 e. The van der Waals surface area contributed by atoms with Crippen molar-refractivity contribution in [1.29, 1.82) is 0 Å². The molecule has 1 saturated heterocycles. The average Bonchev–Trinajstić information content (AvgIpc) is 3.61. The summed E-state index contributed by atoms with van der Waals surface area (Å²) in [6.45, 7) is 1.32. The summed E-state index contributed by atoms with van der Waals surface area (Å²) in [5.41, 5.74) is 3.69. The lowest BCUT2D eigenvalue weighted by molar-refractivity contribution is -0.163. The highest BCUT2D eigenvalue weighted by Crippen LogP contribution is 2.42. The van der Waals surface area contributed by atoms with E-state index < -0.39 is 27.5 Å². The number of sulfonamides is 1. The molecule has 220 valence electrons. The zero-order chi connectivity index (χ0) is 29.8. The Balaban J connectivity index is 1.42. The second-order valence-electron chi connectivity index (χ2n) is 9.91. The fourth-order valence-corrected chi connectivity index (χ4v) is 8.75. The molecule has 1 aliphatic carbocycles. The minimum absolute atomic E-state index is 0.0629. The number of ether oxygens (including phenoxy) is 2. The van der Waals surface area contributed by atoms with Gasteiger partial charge < -0.3 is 14.0 Å². The van der Waals surface area contributed by atoms with Gasteiger partial charge in [-0.05, 0) is 54.0 Å². The number of aromatic nitrogens is 1. The monoisotopic (exact) mass is 688 g/mol. The van der Waals surface area contributed by atoms with Crippen molar-refractivity contribution in [3.8, 4) is 0 Å². The number of carbonyl (C=O) groups excluding carboxylic acids is 1. The summed E-state index contributed by atoms with van der Waals surface area (Å²) in [6.07, 6.45) is 4.07. The first-order valence-electron chi connectivity index (χ1n) is 12.7. The largest absolute Gasteiger partial charge is 0.347 e. The maximum atomic E-state index is 15.1. The Bertz CT molecular complexity index is 1860. The van der Waals surface area contributed by atoms with Crippen LogP contribution in [-0.2, 0) is 43.7 Å². The van der Waals surface area contributed by atoms with Gasteiger partial charge in [-0.2, -0.15) is 0 Å². The minimum Gasteiger partial charge on any atom is -0.347 e. The number of rotatable bonds is 6. The third kappa shape index (κ3) is 5.71. The van der Waals surface area contributed by atoms with Crippen molar-refractivity contribution in [2.45, 2.75) is 35.8 Å². The molecule has 7 nitrogen and oxygen atoms in total. The van der Waals surface area contributed by atoms with Crippen molar-refractivity contribution in [1.82, 2.24) is 9.29 Å². The maximum Gasteiger partial charge on any atom is 0.273 e. The van der Waals surface area contributed by atoms with Gasteiger partial charge in [0.2, 0.25) is 0 Å². The van der Waals surface area contributed by atoms with E-state index in [9.17, 15) is 13.2 Å². The second-order valence-corrected chi connectivity index (χ2v) is 14.7. The zero-order valence-electron chi connectivity index (χ0n) is 21.6. The highest BCUT2D eigenvalue weighted by Gasteiger charge is 2.42. The van der Waals surface area contributed by atoms with Crippen LogP contribution in [0.2, 0.25) is 19.4 Å². The predicted molar refractivity (Wildman–Crippen MR) is 163 cm³/mol. The molecule has 0 unspecified atom stereocenters. The first-order valence-corrected chi connectivity index (χ1v) is 16.5. The molecule has 3 heterocycles. The number of amides is 1. The van der Waals surface area contributed by atoms with Gasteiger partial charge in [-0.1, -0.05) is 52.5 Å². The predicted octanol–water partition coefficient (Wildman–Crippen LogP) is 7.25. The van der Waals surface area contributed by atoms with E-state index in [0.29, 0.717) is 65.5 Å². The highest BCUT2D eigenvalue weighted by molar-refractivity contribution is 7.92. The Kier molecular flexibility index (Phi) is 8.12. The summed E-state index contributed by atoms with van der Waals surface area (Å²) >= 11 is 25.1. The van der Waals surface area contributed by atoms with Gasteiger partial charge in [0.15, 0.2) is 5.79 Å². The van der Waals surface area contributed by atoms with Gasteiger partial charge in [-0.15, -0.1) is 11.3 Å². The highest BCUT2D eigenvalue weighted by atomic mass is 35.5. The molecule has 2 aliphatic rings. The SMILES string of the molecule is O=C(/C=C/c1cc(F)cc2c3c(n(Cc4ccc(Cl)cc4Cl)c12)CCC1(C3)OCCO1)NS(=O)(=O)c1cc(Cl)c(Cl)s1. The molecule has 14 heteroatoms. The van der Waals surface area contributed by atoms with Crippen LogP contribution in [0.15, 0.2) is 46.7 Å². The Morgan fingerprint density at radius 2 is 1.86 bits per heavy atom. The van der Waals surface area contributed by atoms with Crippen LogP contribution in [0.1, 0.15) is 28.8 Å². The van der Waals surface area contributed by atoms with Crippen molar-refractivity contribution in [2.24, 2.45) is 0 Å². The van der Waals surface area contributed by atoms with Crippen molar-refractivity contribution in [3.63, 3.8) is 0 Å². The summed E-state index contributed by atoms with van der Waals surface area (Å²) in [6, 6.07) is 9.14. The number of benzene rings is 2. The van der Waals surface area contributed by atoms with Gasteiger partial charge in [0.25, 0.3) is 15.9 Å². The maximum absolute atomic E-state index is 15.1. The summed E-state index contributed by atoms with van der Waals surface area (Å²) < 4.78 is 56.3. The van der Waals surface area contributed by atoms with Gasteiger partial charge in [0.05, 0.1) is 23.8 Å². The number of thiophene rings is 1. The van der Waals surface area contributed by atoms with Gasteiger partial charge in [0.1, 0.15) is 14.4 Å². The molecule has 1 amide bonds. The van der Waals surface area contributed by atoms with E-state index in [4.69, 9.17) is 55.9 Å². The fraction of sp³-hybridized carbons (Fsp3) is 0.250. The van der Waals surface area contributed by atoms with Crippen LogP contribution in [0.3, 0.4) is 0 Å². The molecule has 1 spiro atoms. The first kappa shape index (κ1) is 29.9. The molecule has 0 bridgehead atoms. The summed E-state index contributed by atoms with van der Waals surface area (Å²) in [4.78, 5) is 12.7. The Morgan fingerprint density at radius 3 is 2.55 bits per heavy atom. The van der Waals surface area contributed by atoms with Crippen molar-refractivity contribution in [2.75, 3.05) is 13.2 Å². The van der Waals surface area contributed by atoms with Gasteiger partial charge in [0, 0.05) is 52.2 Å². The van der Waals surface area contributed by atoms with E-state index >= 15 is 4.39 Å². The molecule has 2 aromatic carbocycles. The number of hydrogen-bond acceptors (Lipinski definition) is 6. The van der Waals surface area contributed by atoms with Crippen molar-refractivity contribution in [3.05, 3.63) is 90.1 Å². The summed E-state index contributed by atoms with van der Waals surface area (Å²) in [7, 11) is -4.22. The van der Waals surface area contributed by atoms with E-state index in [-0.39, 0.29) is 13.6 Å². The number of nitrogens with one attached hydrogen (secondary N) is 1. The zero-order valence-corrected chi connectivity index (χ0v) is 26.2. The quantitative estimate of drug-likeness (QED) is 0.216. The average molecular weight is 690 g/mol. The van der Waals surface area contributed by atoms with Crippen LogP contribution in [0.25, 0.3) is 17.0 Å². The Labute approximate surface area is 264 Å². The number of hydrogen-bond donors (Lipinski definition) is 1. The molecule has 42 heavy (non-hydrogen) atoms. The molecule has 1 N–H and O–H groups in total. The molecular weight excluding hydrogens is 669 g/mol. The molecule has 2 aromatic heterocycles. The lowest BCUT2D eigenvalue weighted by Gasteiger charge is -2.32. The van der Waals surface area contributed by atoms with Crippen LogP contribution in [-0.4, -0.2) is 37.9 Å². The Hall–Kier alpha value is -2.15. The Morgan fingerprint density at radius 1 is 1.10 bits per heavy atom. The van der Waals surface area contributed by atoms with E-state index in [1.807, 2.05) is 15.4 Å². The molecular formula is C28H21Cl4FN2O5S2. The number of halogens is 5. The second kappa shape index (κ2) is 11.4. The van der Waals surface area contributed by atoms with E-state index in [1.54, 1.807) is 12.1 Å². The van der Waals surface area contributed by atoms with Crippen LogP contribution >= 0.6 is 57.7 Å². The number of fused-ring (bicyclic) bond motifs is 3. The fourth-order valence-electron chi connectivity index (χ4n) is 5.46. The standard InChI is InChI=1S/C28H21Cl4FN2O5S2/c29-17-3-1-16(21(30)10-17)14-35-23-5-6-28(39-7-8-40-28)13-20(23)19-11-18(33)9-15(26(19)35)2-4-24(36)34-42(37,38)25-12-22(31)27(32)41-25/h1-4,9-12H,5-8,13-14H2,(H,34,36)/b4-2+. The third-order valence-corrected chi connectivity index (χ3v) is 11.5. The van der Waals surface area contributed by atoms with Gasteiger partial charge >= 0.3 is 0 Å². The topological polar surface area (TPSA) is 86.6 Å². The van der Waals surface area contributed by atoms with E-state index in [0.717, 1.165) is 40.3 Å². The molecule has 4 aromatic rings. The molecule has 0 atom stereocenters. The molecule has 1 aliphatic heterocycles. The van der Waals surface area contributed by atoms with E-state index in [1.165, 1.54) is 18.2 Å². The number of carbonyl (C=O) groups is 1. The van der Waals surface area contributed by atoms with Gasteiger partial charge in [-0.3, -0.25) is 4.79 Å². The number of nitrogens with zero attached hydrogens (tertiary/aromatic N) is 1.